The van der Waals surface area contributed by atoms with Gasteiger partial charge in [0, 0.05) is 194 Å². The Morgan fingerprint density at radius 2 is 0.756 bits per heavy atom. The van der Waals surface area contributed by atoms with Gasteiger partial charge in [0.1, 0.15) is 28.0 Å². The summed E-state index contributed by atoms with van der Waals surface area (Å²) in [6, 6.07) is 41.9. The minimum Gasteiger partial charge on any atom is -0.444 e. The molecule has 9 aromatic heterocycles. The second-order valence-electron chi connectivity index (χ2n) is 35.8. The van der Waals surface area contributed by atoms with Crippen LogP contribution in [-0.2, 0) is 139 Å². The first-order valence-corrected chi connectivity index (χ1v) is 43.5. The van der Waals surface area contributed by atoms with Gasteiger partial charge in [-0.15, -0.1) is 0 Å². The number of carbonyl (C=O) groups excluding carboxylic acids is 6. The molecule has 1 aromatic carbocycles. The fraction of sp³-hybridized carbons (Fsp3) is 0.427. The van der Waals surface area contributed by atoms with Crippen molar-refractivity contribution in [3.05, 3.63) is 276 Å². The number of aryl methyl sites for hydroxylation is 4. The first-order chi connectivity index (χ1) is 58.9. The number of hydrogen-bond acceptors (Lipinski definition) is 18. The quantitative estimate of drug-likeness (QED) is 0.0422. The first-order valence-electron chi connectivity index (χ1n) is 42.1. The van der Waals surface area contributed by atoms with Gasteiger partial charge in [-0.3, -0.25) is 29.3 Å². The summed E-state index contributed by atoms with van der Waals surface area (Å²) in [4.78, 5) is 95.8. The van der Waals surface area contributed by atoms with Gasteiger partial charge in [-0.1, -0.05) is 23.8 Å². The third kappa shape index (κ3) is 33.3. The van der Waals surface area contributed by atoms with E-state index in [9.17, 15) is 42.3 Å². The third-order valence-corrected chi connectivity index (χ3v) is 20.7. The Morgan fingerprint density at radius 1 is 0.402 bits per heavy atom. The minimum absolute atomic E-state index is 0. The molecule has 0 saturated heterocycles. The zero-order valence-corrected chi connectivity index (χ0v) is 79.0. The molecule has 0 saturated carbocycles. The van der Waals surface area contributed by atoms with Crippen LogP contribution >= 0.6 is 0 Å². The number of aliphatic hydroxyl groups excluding tert-OH is 1. The molecule has 31 heteroatoms. The number of pyridine rings is 4. The largest absolute Gasteiger partial charge is 0.444 e. The van der Waals surface area contributed by atoms with Crippen molar-refractivity contribution in [2.75, 3.05) is 32.7 Å². The Labute approximate surface area is 762 Å². The van der Waals surface area contributed by atoms with Crippen molar-refractivity contribution >= 4 is 59.0 Å². The van der Waals surface area contributed by atoms with E-state index in [0.29, 0.717) is 84.1 Å². The molecular weight excluding hydrogens is 1730 g/mol. The molecule has 0 fully saturated rings. The van der Waals surface area contributed by atoms with Gasteiger partial charge in [0.2, 0.25) is 0 Å². The molecule has 5 aliphatic heterocycles. The normalized spacial score (nSPS) is 14.2. The summed E-state index contributed by atoms with van der Waals surface area (Å²) in [6.45, 7) is 41.8. The molecule has 0 spiro atoms. The van der Waals surface area contributed by atoms with Crippen LogP contribution in [0.25, 0.3) is 12.2 Å². The molecule has 1 atom stereocenters. The monoisotopic (exact) mass is 1850 g/mol. The molecule has 29 nitrogen and oxygen atoms in total. The van der Waals surface area contributed by atoms with Crippen LogP contribution in [0.15, 0.2) is 194 Å². The third-order valence-electron chi connectivity index (χ3n) is 19.8. The van der Waals surface area contributed by atoms with E-state index < -0.39 is 44.2 Å². The number of aromatic nitrogens is 9. The Balaban J connectivity index is 0.000000208. The molecular formula is C96H127N14O15PdS-. The number of fused-ring (bicyclic) bond motifs is 5. The molecule has 5 amide bonds. The summed E-state index contributed by atoms with van der Waals surface area (Å²) in [6.07, 6.45) is 22.0. The fourth-order valence-corrected chi connectivity index (χ4v) is 14.2. The molecule has 0 bridgehead atoms. The Bertz CT molecular complexity index is 5310. The van der Waals surface area contributed by atoms with Crippen LogP contribution in [0.2, 0.25) is 0 Å². The summed E-state index contributed by atoms with van der Waals surface area (Å²) >= 11 is 0. The number of aldehydes is 1. The van der Waals surface area contributed by atoms with Crippen LogP contribution in [0.5, 0.6) is 0 Å². The van der Waals surface area contributed by atoms with E-state index in [1.807, 2.05) is 208 Å². The SMILES string of the molecule is CC(C)(C)OC(=O)N1CCn2c(/C=C/c3ccncc3)ccc2C1.CC(C)(C)OC(=O)N1CCn2c(C=O)ccc2C1.CC(C)(C)OC(=O)N1CCn2c(CCc3ccncc3)ccc2C1.CC(C)(C)OC(=O)N1CCn2c(ccc2C(O)Cc2ccncc2)C1.CC(C)(C)OC(=O)N1CCn2cccc2C1.Cc1ccc(S(=O)(=O)O)cc1.Cc1ccncc1.[CH3-].[Pd]. The van der Waals surface area contributed by atoms with Gasteiger partial charge in [-0.2, -0.15) is 8.42 Å². The predicted molar refractivity (Wildman–Crippen MR) is 485 cm³/mol. The summed E-state index contributed by atoms with van der Waals surface area (Å²) in [7, 11) is -4.02. The first kappa shape index (κ1) is 103. The Morgan fingerprint density at radius 3 is 1.18 bits per heavy atom. The number of nitrogens with zero attached hydrogens (tertiary/aromatic N) is 14. The summed E-state index contributed by atoms with van der Waals surface area (Å²) in [5.74, 6) is 0. The summed E-state index contributed by atoms with van der Waals surface area (Å²) in [5, 5.41) is 10.6. The smallest absolute Gasteiger partial charge is 0.410 e. The van der Waals surface area contributed by atoms with E-state index in [1.165, 1.54) is 34.6 Å². The van der Waals surface area contributed by atoms with Crippen molar-refractivity contribution in [3.63, 3.8) is 0 Å². The van der Waals surface area contributed by atoms with E-state index in [1.54, 1.807) is 79.9 Å². The van der Waals surface area contributed by atoms with Gasteiger partial charge < -0.3 is 83.6 Å². The topological polar surface area (TPSA) is 316 Å². The van der Waals surface area contributed by atoms with Crippen LogP contribution in [0.4, 0.5) is 24.0 Å². The zero-order chi connectivity index (χ0) is 91.0. The molecule has 1 unspecified atom stereocenters. The van der Waals surface area contributed by atoms with Crippen molar-refractivity contribution in [1.82, 2.24) is 67.3 Å². The summed E-state index contributed by atoms with van der Waals surface area (Å²) in [5.41, 5.74) is 12.8. The van der Waals surface area contributed by atoms with Gasteiger partial charge in [-0.25, -0.2) is 24.0 Å². The predicted octanol–water partition coefficient (Wildman–Crippen LogP) is 17.5. The van der Waals surface area contributed by atoms with E-state index >= 15 is 0 Å². The molecule has 688 valence electrons. The van der Waals surface area contributed by atoms with E-state index in [4.69, 9.17) is 28.2 Å². The van der Waals surface area contributed by atoms with Crippen molar-refractivity contribution in [3.8, 4) is 0 Å². The molecule has 5 aliphatic rings. The number of aliphatic hydroxyl groups is 1. The molecule has 0 radical (unpaired) electrons. The van der Waals surface area contributed by atoms with Crippen molar-refractivity contribution in [1.29, 1.82) is 0 Å². The van der Waals surface area contributed by atoms with Crippen LogP contribution in [-0.4, -0.2) is 183 Å². The number of amides is 5. The zero-order valence-electron chi connectivity index (χ0n) is 76.6. The van der Waals surface area contributed by atoms with Crippen molar-refractivity contribution in [2.24, 2.45) is 0 Å². The van der Waals surface area contributed by atoms with Gasteiger partial charge in [0.25, 0.3) is 10.1 Å². The standard InChI is InChI=1S/C19H25N3O3.C19H25N3O2.C19H23N3O2.C13H18N2O3.C12H18N2O2.C7H8O3S.C6H7N.CH3.Pd/c1-19(2,3)25-18(24)21-10-11-22-15(13-21)4-5-16(22)17(23)12-14-6-8-20-9-7-14;2*1-19(2,3)24-18(23)21-12-13-22-16(6-7-17(22)14-21)5-4-15-8-10-20-11-9-15;1-13(2,3)18-12(17)14-6-7-15-10(8-14)4-5-11(15)9-16;1-12(2,3)16-11(15)14-8-7-13-6-4-5-10(13)9-14;1-6-2-4-7(5-3-6)11(8,9)10;1-6-2-4-7-5-3-6;;/h4-9,17,23H,10-13H2,1-3H3;6-11H,4-5,12-14H2,1-3H3;4-11H,12-14H2,1-3H3;4-5,9H,6-8H2,1-3H3;4-6H,7-9H2,1-3H3;2-5H,1H3,(H,8,9,10);2-5H,1H3;1H3;/q;;;;;;;-1;/b;;5-4+;;;;;;. The van der Waals surface area contributed by atoms with Crippen LogP contribution < -0.4 is 0 Å². The van der Waals surface area contributed by atoms with Gasteiger partial charge in [-0.05, 0) is 280 Å². The van der Waals surface area contributed by atoms with Gasteiger partial charge >= 0.3 is 30.5 Å². The van der Waals surface area contributed by atoms with Crippen LogP contribution in [0, 0.1) is 21.3 Å². The van der Waals surface area contributed by atoms with E-state index in [-0.39, 0.29) is 63.2 Å². The van der Waals surface area contributed by atoms with E-state index in [0.717, 1.165) is 96.2 Å². The van der Waals surface area contributed by atoms with Crippen molar-refractivity contribution in [2.45, 2.75) is 241 Å². The molecule has 15 rings (SSSR count). The Hall–Kier alpha value is -11.5. The maximum absolute atomic E-state index is 12.2. The number of rotatable bonds is 10. The molecule has 0 aliphatic carbocycles. The van der Waals surface area contributed by atoms with Gasteiger partial charge in [0.05, 0.1) is 49.4 Å². The summed E-state index contributed by atoms with van der Waals surface area (Å²) < 4.78 is 67.4. The Kier molecular flexibility index (Phi) is 37.4. The second kappa shape index (κ2) is 46.3. The average Bonchev–Trinajstić information content (AvgIpc) is 1.66. The van der Waals surface area contributed by atoms with Crippen LogP contribution in [0.1, 0.15) is 194 Å². The van der Waals surface area contributed by atoms with E-state index in [2.05, 4.69) is 86.8 Å². The molecule has 2 N–H and O–H groups in total. The second-order valence-corrected chi connectivity index (χ2v) is 37.3. The number of benzene rings is 1. The molecule has 10 aromatic rings. The maximum atomic E-state index is 12.2. The van der Waals surface area contributed by atoms with Crippen molar-refractivity contribution < 1.29 is 91.0 Å². The number of hydrogen-bond donors (Lipinski definition) is 2. The van der Waals surface area contributed by atoms with Gasteiger partial charge in [0.15, 0.2) is 6.29 Å². The number of ether oxygens (including phenoxy) is 5. The minimum atomic E-state index is -4.02. The fourth-order valence-electron chi connectivity index (χ4n) is 13.7. The molecule has 127 heavy (non-hydrogen) atoms. The molecule has 14 heterocycles. The number of carbonyl (C=O) groups is 6. The average molecular weight is 1860 g/mol. The van der Waals surface area contributed by atoms with Crippen LogP contribution in [0.3, 0.4) is 0 Å². The maximum Gasteiger partial charge on any atom is 0.410 e.